The average molecular weight is 314 g/mol. The summed E-state index contributed by atoms with van der Waals surface area (Å²) in [6.45, 7) is 0. The summed E-state index contributed by atoms with van der Waals surface area (Å²) in [7, 11) is 1.84. The quantitative estimate of drug-likeness (QED) is 0.910. The summed E-state index contributed by atoms with van der Waals surface area (Å²) in [6.07, 6.45) is 5.78. The number of hydrogen-bond donors (Lipinski definition) is 2. The number of nitrogens with zero attached hydrogens (tertiary/aromatic N) is 1. The van der Waals surface area contributed by atoms with E-state index in [2.05, 4.69) is 4.98 Å². The van der Waals surface area contributed by atoms with Gasteiger partial charge in [-0.3, -0.25) is 4.79 Å². The van der Waals surface area contributed by atoms with Crippen LogP contribution in [-0.2, 0) is 11.2 Å². The second-order valence-electron chi connectivity index (χ2n) is 6.30. The van der Waals surface area contributed by atoms with Crippen LogP contribution >= 0.6 is 0 Å². The molecule has 0 aliphatic heterocycles. The van der Waals surface area contributed by atoms with Crippen LogP contribution < -0.4 is 0 Å². The highest BCUT2D eigenvalue weighted by Crippen LogP contribution is 2.26. The zero-order valence-electron chi connectivity index (χ0n) is 13.3. The first kappa shape index (κ1) is 15.6. The third-order valence-electron chi connectivity index (χ3n) is 4.87. The molecular weight excluding hydrogens is 292 g/mol. The average Bonchev–Trinajstić information content (AvgIpc) is 2.94. The lowest BCUT2D eigenvalue weighted by molar-refractivity contribution is -0.131. The van der Waals surface area contributed by atoms with E-state index in [1.165, 1.54) is 6.42 Å². The van der Waals surface area contributed by atoms with Crippen molar-refractivity contribution in [3.8, 4) is 0 Å². The number of carbonyl (C=O) groups excluding carboxylic acids is 1. The normalized spacial score (nSPS) is 15.7. The van der Waals surface area contributed by atoms with Gasteiger partial charge in [-0.1, -0.05) is 37.5 Å². The van der Waals surface area contributed by atoms with Gasteiger partial charge in [0.15, 0.2) is 0 Å². The monoisotopic (exact) mass is 314 g/mol. The molecule has 0 spiro atoms. The molecule has 1 aliphatic carbocycles. The van der Waals surface area contributed by atoms with Gasteiger partial charge in [0, 0.05) is 29.6 Å². The van der Waals surface area contributed by atoms with E-state index in [0.29, 0.717) is 5.56 Å². The Labute approximate surface area is 135 Å². The van der Waals surface area contributed by atoms with Crippen molar-refractivity contribution >= 4 is 22.8 Å². The summed E-state index contributed by atoms with van der Waals surface area (Å²) in [5.41, 5.74) is 1.46. The standard InChI is InChI=1S/C18H22N2O3/c1-20(12-7-3-2-4-8-12)16(21)11-14-13-9-5-6-10-15(13)19-17(14)18(22)23/h5-6,9-10,12,19H,2-4,7-8,11H2,1H3,(H,22,23). The zero-order valence-corrected chi connectivity index (χ0v) is 13.3. The molecule has 1 aliphatic rings. The lowest BCUT2D eigenvalue weighted by Gasteiger charge is -2.31. The molecule has 0 saturated heterocycles. The number of aromatic carboxylic acids is 1. The van der Waals surface area contributed by atoms with Crippen LogP contribution in [0.5, 0.6) is 0 Å². The number of amides is 1. The zero-order chi connectivity index (χ0) is 16.4. The highest BCUT2D eigenvalue weighted by Gasteiger charge is 2.25. The van der Waals surface area contributed by atoms with Crippen LogP contribution in [0.25, 0.3) is 10.9 Å². The Morgan fingerprint density at radius 3 is 2.61 bits per heavy atom. The molecule has 2 aromatic rings. The van der Waals surface area contributed by atoms with Crippen LogP contribution in [0.4, 0.5) is 0 Å². The maximum atomic E-state index is 12.6. The van der Waals surface area contributed by atoms with Gasteiger partial charge < -0.3 is 15.0 Å². The van der Waals surface area contributed by atoms with Crippen LogP contribution in [-0.4, -0.2) is 40.0 Å². The molecule has 0 atom stereocenters. The molecular formula is C18H22N2O3. The van der Waals surface area contributed by atoms with Crippen LogP contribution in [0.3, 0.4) is 0 Å². The second-order valence-corrected chi connectivity index (χ2v) is 6.30. The Balaban J connectivity index is 1.86. The number of carboxylic acids is 1. The fourth-order valence-corrected chi connectivity index (χ4v) is 3.51. The van der Waals surface area contributed by atoms with Crippen molar-refractivity contribution in [1.29, 1.82) is 0 Å². The highest BCUT2D eigenvalue weighted by molar-refractivity contribution is 6.00. The van der Waals surface area contributed by atoms with E-state index in [9.17, 15) is 14.7 Å². The lowest BCUT2D eigenvalue weighted by Crippen LogP contribution is -2.39. The fourth-order valence-electron chi connectivity index (χ4n) is 3.51. The first-order valence-electron chi connectivity index (χ1n) is 8.16. The second kappa shape index (κ2) is 6.44. The highest BCUT2D eigenvalue weighted by atomic mass is 16.4. The fraction of sp³-hybridized carbons (Fsp3) is 0.444. The summed E-state index contributed by atoms with van der Waals surface area (Å²) in [6, 6.07) is 7.70. The number of para-hydroxylation sites is 1. The number of carboxylic acid groups (broad SMARTS) is 1. The number of benzene rings is 1. The summed E-state index contributed by atoms with van der Waals surface area (Å²) in [5, 5.41) is 10.2. The van der Waals surface area contributed by atoms with Gasteiger partial charge in [-0.25, -0.2) is 4.79 Å². The smallest absolute Gasteiger partial charge is 0.352 e. The molecule has 23 heavy (non-hydrogen) atoms. The van der Waals surface area contributed by atoms with Crippen LogP contribution in [0, 0.1) is 0 Å². The maximum Gasteiger partial charge on any atom is 0.352 e. The van der Waals surface area contributed by atoms with E-state index in [1.54, 1.807) is 0 Å². The summed E-state index contributed by atoms with van der Waals surface area (Å²) >= 11 is 0. The van der Waals surface area contributed by atoms with Gasteiger partial charge in [-0.2, -0.15) is 0 Å². The minimum Gasteiger partial charge on any atom is -0.477 e. The van der Waals surface area contributed by atoms with Gasteiger partial charge >= 0.3 is 5.97 Å². The molecule has 1 aromatic carbocycles. The first-order chi connectivity index (χ1) is 11.1. The topological polar surface area (TPSA) is 73.4 Å². The van der Waals surface area contributed by atoms with E-state index >= 15 is 0 Å². The molecule has 0 radical (unpaired) electrons. The number of aromatic nitrogens is 1. The van der Waals surface area contributed by atoms with Crippen molar-refractivity contribution in [3.05, 3.63) is 35.5 Å². The Hall–Kier alpha value is -2.30. The van der Waals surface area contributed by atoms with E-state index in [1.807, 2.05) is 36.2 Å². The Bertz CT molecular complexity index is 729. The van der Waals surface area contributed by atoms with Crippen LogP contribution in [0.2, 0.25) is 0 Å². The van der Waals surface area contributed by atoms with Crippen molar-refractivity contribution < 1.29 is 14.7 Å². The predicted octanol–water partition coefficient (Wildman–Crippen LogP) is 3.20. The van der Waals surface area contributed by atoms with Gasteiger partial charge in [0.05, 0.1) is 6.42 Å². The van der Waals surface area contributed by atoms with Crippen LogP contribution in [0.15, 0.2) is 24.3 Å². The van der Waals surface area contributed by atoms with Gasteiger partial charge in [0.25, 0.3) is 0 Å². The summed E-state index contributed by atoms with van der Waals surface area (Å²) in [5.74, 6) is -1.03. The van der Waals surface area contributed by atoms with Crippen molar-refractivity contribution in [1.82, 2.24) is 9.88 Å². The van der Waals surface area contributed by atoms with Crippen LogP contribution in [0.1, 0.15) is 48.2 Å². The molecule has 1 fully saturated rings. The number of rotatable bonds is 4. The number of aromatic amines is 1. The first-order valence-corrected chi connectivity index (χ1v) is 8.16. The molecule has 3 rings (SSSR count). The number of nitrogens with one attached hydrogen (secondary N) is 1. The largest absolute Gasteiger partial charge is 0.477 e. The molecule has 5 heteroatoms. The third kappa shape index (κ3) is 3.09. The summed E-state index contributed by atoms with van der Waals surface area (Å²) in [4.78, 5) is 28.9. The lowest BCUT2D eigenvalue weighted by atomic mass is 9.94. The molecule has 122 valence electrons. The van der Waals surface area contributed by atoms with Crippen molar-refractivity contribution in [2.45, 2.75) is 44.6 Å². The molecule has 0 bridgehead atoms. The molecule has 5 nitrogen and oxygen atoms in total. The van der Waals surface area contributed by atoms with Gasteiger partial charge in [0.2, 0.25) is 5.91 Å². The third-order valence-corrected chi connectivity index (χ3v) is 4.87. The number of carbonyl (C=O) groups is 2. The number of likely N-dealkylation sites (N-methyl/N-ethyl adjacent to an activating group) is 1. The number of hydrogen-bond acceptors (Lipinski definition) is 2. The van der Waals surface area contributed by atoms with Crippen molar-refractivity contribution in [2.24, 2.45) is 0 Å². The SMILES string of the molecule is CN(C(=O)Cc1c(C(=O)O)[nH]c2ccccc12)C1CCCCC1. The molecule has 2 N–H and O–H groups in total. The van der Waals surface area contributed by atoms with Crippen molar-refractivity contribution in [3.63, 3.8) is 0 Å². The van der Waals surface area contributed by atoms with Gasteiger partial charge in [-0.15, -0.1) is 0 Å². The van der Waals surface area contributed by atoms with E-state index < -0.39 is 5.97 Å². The van der Waals surface area contributed by atoms with Gasteiger partial charge in [0.1, 0.15) is 5.69 Å². The molecule has 0 unspecified atom stereocenters. The van der Waals surface area contributed by atoms with E-state index in [4.69, 9.17) is 0 Å². The summed E-state index contributed by atoms with van der Waals surface area (Å²) < 4.78 is 0. The maximum absolute atomic E-state index is 12.6. The Kier molecular flexibility index (Phi) is 4.37. The number of H-pyrrole nitrogens is 1. The van der Waals surface area contributed by atoms with Gasteiger partial charge in [-0.05, 0) is 18.9 Å². The minimum absolute atomic E-state index is 0.0100. The molecule has 1 heterocycles. The predicted molar refractivity (Wildman–Crippen MR) is 88.6 cm³/mol. The van der Waals surface area contributed by atoms with E-state index in [-0.39, 0.29) is 24.1 Å². The Morgan fingerprint density at radius 1 is 1.22 bits per heavy atom. The minimum atomic E-state index is -1.02. The number of fused-ring (bicyclic) bond motifs is 1. The van der Waals surface area contributed by atoms with Crippen molar-refractivity contribution in [2.75, 3.05) is 7.05 Å². The molecule has 1 amide bonds. The molecule has 1 aromatic heterocycles. The van der Waals surface area contributed by atoms with E-state index in [0.717, 1.165) is 36.6 Å². The Morgan fingerprint density at radius 2 is 1.91 bits per heavy atom. The molecule has 1 saturated carbocycles.